The maximum atomic E-state index is 12.9. The van der Waals surface area contributed by atoms with Crippen molar-refractivity contribution < 1.29 is 47.2 Å². The first kappa shape index (κ1) is 24.6. The number of ether oxygens (including phenoxy) is 1. The van der Waals surface area contributed by atoms with Crippen LogP contribution in [0.3, 0.4) is 0 Å². The molecule has 2 saturated carbocycles. The molecule has 0 aromatic heterocycles. The van der Waals surface area contributed by atoms with Crippen LogP contribution in [0, 0.1) is 0 Å². The summed E-state index contributed by atoms with van der Waals surface area (Å²) < 4.78 is 55.8. The second-order valence-corrected chi connectivity index (χ2v) is 8.58. The number of hydrogen-bond donors (Lipinski definition) is 3. The first-order valence-electron chi connectivity index (χ1n) is 9.07. The molecule has 2 aliphatic carbocycles. The van der Waals surface area contributed by atoms with Gasteiger partial charge in [0.2, 0.25) is 11.8 Å². The van der Waals surface area contributed by atoms with E-state index in [0.29, 0.717) is 0 Å². The number of alkyl halides is 4. The smallest absolute Gasteiger partial charge is 0.338 e. The number of hydrogen-bond acceptors (Lipinski definition) is 5. The predicted octanol–water partition coefficient (Wildman–Crippen LogP) is 3.28. The Hall–Kier alpha value is -1.42. The summed E-state index contributed by atoms with van der Waals surface area (Å²) in [6.07, 6.45) is -3.24. The van der Waals surface area contributed by atoms with Crippen LogP contribution in [0.4, 0.5) is 17.6 Å². The lowest BCUT2D eigenvalue weighted by Crippen LogP contribution is -2.48. The predicted molar refractivity (Wildman–Crippen MR) is 90.2 cm³/mol. The molecular weight excluding hydrogens is 388 g/mol. The van der Waals surface area contributed by atoms with Gasteiger partial charge in [-0.1, -0.05) is 0 Å². The van der Waals surface area contributed by atoms with E-state index < -0.39 is 66.3 Å². The van der Waals surface area contributed by atoms with Crippen LogP contribution in [0.5, 0.6) is 0 Å². The first-order chi connectivity index (χ1) is 12.4. The third-order valence-corrected chi connectivity index (χ3v) is 4.79. The Morgan fingerprint density at radius 1 is 0.750 bits per heavy atom. The second-order valence-electron chi connectivity index (χ2n) is 8.58. The van der Waals surface area contributed by atoms with Crippen molar-refractivity contribution in [2.75, 3.05) is 0 Å². The molecule has 28 heavy (non-hydrogen) atoms. The number of carbonyl (C=O) groups is 2. The summed E-state index contributed by atoms with van der Waals surface area (Å²) >= 11 is 0. The minimum Gasteiger partial charge on any atom is -0.479 e. The van der Waals surface area contributed by atoms with Gasteiger partial charge < -0.3 is 20.1 Å². The fraction of sp³-hybridized carbons (Fsp3) is 0.889. The SMILES string of the molecule is CC(C)(C)OC(=O)C1(O)CCC(F)(F)CC1.O=C(O)C1(O)CCC(F)(F)CC1. The molecule has 0 unspecified atom stereocenters. The molecule has 0 atom stereocenters. The van der Waals surface area contributed by atoms with Crippen LogP contribution in [0.1, 0.15) is 72.1 Å². The number of esters is 1. The first-order valence-corrected chi connectivity index (χ1v) is 9.07. The minimum atomic E-state index is -2.80. The van der Waals surface area contributed by atoms with Gasteiger partial charge in [0.1, 0.15) is 5.60 Å². The van der Waals surface area contributed by atoms with Gasteiger partial charge in [-0.25, -0.2) is 27.2 Å². The van der Waals surface area contributed by atoms with E-state index in [0.717, 1.165) is 0 Å². The molecule has 0 amide bonds. The van der Waals surface area contributed by atoms with Gasteiger partial charge in [-0.05, 0) is 46.5 Å². The fourth-order valence-corrected chi connectivity index (χ4v) is 2.85. The summed E-state index contributed by atoms with van der Waals surface area (Å²) in [4.78, 5) is 22.0. The molecule has 0 aromatic rings. The molecule has 0 heterocycles. The molecule has 6 nitrogen and oxygen atoms in total. The number of rotatable bonds is 2. The molecule has 2 rings (SSSR count). The van der Waals surface area contributed by atoms with Crippen LogP contribution in [0.25, 0.3) is 0 Å². The maximum Gasteiger partial charge on any atom is 0.338 e. The van der Waals surface area contributed by atoms with Gasteiger partial charge >= 0.3 is 11.9 Å². The lowest BCUT2D eigenvalue weighted by atomic mass is 9.83. The number of halogens is 4. The van der Waals surface area contributed by atoms with Gasteiger partial charge in [-0.3, -0.25) is 0 Å². The van der Waals surface area contributed by atoms with Gasteiger partial charge in [0.15, 0.2) is 11.2 Å². The Morgan fingerprint density at radius 2 is 1.07 bits per heavy atom. The average Bonchev–Trinajstić information content (AvgIpc) is 2.52. The highest BCUT2D eigenvalue weighted by atomic mass is 19.3. The molecule has 0 aromatic carbocycles. The zero-order valence-electron chi connectivity index (χ0n) is 16.2. The van der Waals surface area contributed by atoms with E-state index in [1.54, 1.807) is 20.8 Å². The van der Waals surface area contributed by atoms with E-state index in [4.69, 9.17) is 9.84 Å². The molecule has 164 valence electrons. The standard InChI is InChI=1S/C11H18F2O3.C7H10F2O3/c1-9(2,3)16-8(14)10(15)4-6-11(12,13)7-5-10;8-7(9)3-1-6(12,2-4-7)5(10)11/h15H,4-7H2,1-3H3;12H,1-4H2,(H,10,11). The van der Waals surface area contributed by atoms with Crippen molar-refractivity contribution in [1.29, 1.82) is 0 Å². The van der Waals surface area contributed by atoms with Crippen molar-refractivity contribution in [3.63, 3.8) is 0 Å². The molecule has 2 fully saturated rings. The van der Waals surface area contributed by atoms with E-state index in [9.17, 15) is 37.4 Å². The Balaban J connectivity index is 0.000000292. The number of carboxylic acid groups (broad SMARTS) is 1. The molecule has 10 heteroatoms. The number of carbonyl (C=O) groups excluding carboxylic acids is 1. The zero-order chi connectivity index (χ0) is 22.0. The monoisotopic (exact) mass is 416 g/mol. The number of aliphatic carboxylic acids is 1. The van der Waals surface area contributed by atoms with Crippen molar-refractivity contribution in [1.82, 2.24) is 0 Å². The van der Waals surface area contributed by atoms with Gasteiger partial charge in [-0.15, -0.1) is 0 Å². The summed E-state index contributed by atoms with van der Waals surface area (Å²) in [6, 6.07) is 0. The van der Waals surface area contributed by atoms with Gasteiger partial charge in [-0.2, -0.15) is 0 Å². The number of aliphatic hydroxyl groups is 2. The van der Waals surface area contributed by atoms with Crippen LogP contribution in [0.2, 0.25) is 0 Å². The highest BCUT2D eigenvalue weighted by Crippen LogP contribution is 2.40. The summed E-state index contributed by atoms with van der Waals surface area (Å²) in [7, 11) is 0. The Bertz CT molecular complexity index is 565. The molecule has 2 aliphatic rings. The topological polar surface area (TPSA) is 104 Å². The molecule has 3 N–H and O–H groups in total. The highest BCUT2D eigenvalue weighted by Gasteiger charge is 2.48. The van der Waals surface area contributed by atoms with Gasteiger partial charge in [0.25, 0.3) is 0 Å². The van der Waals surface area contributed by atoms with Crippen LogP contribution in [0.15, 0.2) is 0 Å². The van der Waals surface area contributed by atoms with Crippen molar-refractivity contribution in [3.8, 4) is 0 Å². The van der Waals surface area contributed by atoms with E-state index in [2.05, 4.69) is 0 Å². The molecular formula is C18H28F4O6. The van der Waals surface area contributed by atoms with Crippen molar-refractivity contribution in [2.24, 2.45) is 0 Å². The lowest BCUT2D eigenvalue weighted by Gasteiger charge is -2.35. The van der Waals surface area contributed by atoms with Crippen molar-refractivity contribution >= 4 is 11.9 Å². The summed E-state index contributed by atoms with van der Waals surface area (Å²) in [5, 5.41) is 27.6. The Morgan fingerprint density at radius 3 is 1.36 bits per heavy atom. The summed E-state index contributed by atoms with van der Waals surface area (Å²) in [6.45, 7) is 5.02. The van der Waals surface area contributed by atoms with E-state index in [1.807, 2.05) is 0 Å². The maximum absolute atomic E-state index is 12.9. The fourth-order valence-electron chi connectivity index (χ4n) is 2.85. The van der Waals surface area contributed by atoms with E-state index in [-0.39, 0.29) is 25.7 Å². The zero-order valence-corrected chi connectivity index (χ0v) is 16.2. The second kappa shape index (κ2) is 8.14. The third kappa shape index (κ3) is 7.20. The molecule has 0 saturated heterocycles. The molecule has 0 bridgehead atoms. The number of carboxylic acids is 1. The van der Waals surface area contributed by atoms with Crippen LogP contribution < -0.4 is 0 Å². The normalized spacial score (nSPS) is 25.0. The lowest BCUT2D eigenvalue weighted by molar-refractivity contribution is -0.187. The van der Waals surface area contributed by atoms with Crippen LogP contribution in [-0.4, -0.2) is 55.9 Å². The van der Waals surface area contributed by atoms with Crippen LogP contribution in [-0.2, 0) is 14.3 Å². The minimum absolute atomic E-state index is 0.241. The molecule has 0 radical (unpaired) electrons. The average molecular weight is 416 g/mol. The third-order valence-electron chi connectivity index (χ3n) is 4.79. The molecule has 0 spiro atoms. The van der Waals surface area contributed by atoms with Gasteiger partial charge in [0.05, 0.1) is 0 Å². The Kier molecular flexibility index (Phi) is 7.15. The summed E-state index contributed by atoms with van der Waals surface area (Å²) in [5.41, 5.74) is -4.39. The van der Waals surface area contributed by atoms with Crippen molar-refractivity contribution in [3.05, 3.63) is 0 Å². The van der Waals surface area contributed by atoms with E-state index in [1.165, 1.54) is 0 Å². The Labute approximate surface area is 160 Å². The molecule has 0 aliphatic heterocycles. The largest absolute Gasteiger partial charge is 0.479 e. The highest BCUT2D eigenvalue weighted by molar-refractivity contribution is 5.79. The van der Waals surface area contributed by atoms with Crippen molar-refractivity contribution in [2.45, 2.75) is 101 Å². The van der Waals surface area contributed by atoms with E-state index >= 15 is 0 Å². The van der Waals surface area contributed by atoms with Gasteiger partial charge in [0, 0.05) is 25.7 Å². The quantitative estimate of drug-likeness (QED) is 0.472. The summed E-state index contributed by atoms with van der Waals surface area (Å²) in [5.74, 6) is -7.77. The van der Waals surface area contributed by atoms with Crippen LogP contribution >= 0.6 is 0 Å².